The van der Waals surface area contributed by atoms with E-state index in [4.69, 9.17) is 9.15 Å². The lowest BCUT2D eigenvalue weighted by atomic mass is 9.95. The van der Waals surface area contributed by atoms with Gasteiger partial charge in [-0.1, -0.05) is 0 Å². The quantitative estimate of drug-likeness (QED) is 0.761. The average molecular weight is 181 g/mol. The molecule has 1 N–H and O–H groups in total. The second-order valence-corrected chi connectivity index (χ2v) is 3.62. The van der Waals surface area contributed by atoms with Crippen molar-refractivity contribution in [2.75, 3.05) is 20.2 Å². The summed E-state index contributed by atoms with van der Waals surface area (Å²) in [6.45, 7) is 1.99. The van der Waals surface area contributed by atoms with Crippen LogP contribution in [0.2, 0.25) is 0 Å². The van der Waals surface area contributed by atoms with Crippen molar-refractivity contribution < 1.29 is 9.15 Å². The van der Waals surface area contributed by atoms with E-state index in [1.165, 1.54) is 5.56 Å². The Hall–Kier alpha value is -0.800. The molecule has 0 radical (unpaired) electrons. The number of hydrogen-bond donors (Lipinski definition) is 1. The molecule has 0 amide bonds. The van der Waals surface area contributed by atoms with Crippen LogP contribution in [0, 0.1) is 0 Å². The highest BCUT2D eigenvalue weighted by molar-refractivity contribution is 5.11. The molecule has 0 saturated carbocycles. The maximum absolute atomic E-state index is 5.57. The maximum Gasteiger partial charge on any atom is 0.0935 e. The molecule has 3 heteroatoms. The Bertz CT molecular complexity index is 250. The second-order valence-electron chi connectivity index (χ2n) is 3.62. The zero-order chi connectivity index (χ0) is 9.15. The number of furan rings is 1. The van der Waals surface area contributed by atoms with Crippen molar-refractivity contribution in [3.05, 3.63) is 24.2 Å². The standard InChI is InChI=1S/C10H15NO2/c1-12-10(3-4-11-8-10)6-9-2-5-13-7-9/h2,5,7,11H,3-4,6,8H2,1H3. The number of ether oxygens (including phenoxy) is 1. The van der Waals surface area contributed by atoms with Gasteiger partial charge in [0.1, 0.15) is 0 Å². The van der Waals surface area contributed by atoms with E-state index in [0.717, 1.165) is 25.9 Å². The van der Waals surface area contributed by atoms with Crippen LogP contribution in [0.25, 0.3) is 0 Å². The number of nitrogens with one attached hydrogen (secondary N) is 1. The monoisotopic (exact) mass is 181 g/mol. The van der Waals surface area contributed by atoms with Gasteiger partial charge in [0.15, 0.2) is 0 Å². The van der Waals surface area contributed by atoms with Crippen LogP contribution in [0.4, 0.5) is 0 Å². The molecule has 1 atom stereocenters. The first-order valence-electron chi connectivity index (χ1n) is 4.62. The topological polar surface area (TPSA) is 34.4 Å². The van der Waals surface area contributed by atoms with E-state index in [2.05, 4.69) is 5.32 Å². The fraction of sp³-hybridized carbons (Fsp3) is 0.600. The lowest BCUT2D eigenvalue weighted by molar-refractivity contribution is 0.00765. The Morgan fingerprint density at radius 1 is 1.69 bits per heavy atom. The molecular formula is C10H15NO2. The van der Waals surface area contributed by atoms with E-state index in [1.807, 2.05) is 6.07 Å². The van der Waals surface area contributed by atoms with Crippen molar-refractivity contribution >= 4 is 0 Å². The number of methoxy groups -OCH3 is 1. The summed E-state index contributed by atoms with van der Waals surface area (Å²) in [4.78, 5) is 0. The van der Waals surface area contributed by atoms with Crippen molar-refractivity contribution in [1.29, 1.82) is 0 Å². The maximum atomic E-state index is 5.57. The Morgan fingerprint density at radius 3 is 3.15 bits per heavy atom. The van der Waals surface area contributed by atoms with Gasteiger partial charge in [0, 0.05) is 20.1 Å². The van der Waals surface area contributed by atoms with E-state index in [1.54, 1.807) is 19.6 Å². The molecule has 1 aliphatic rings. The van der Waals surface area contributed by atoms with Gasteiger partial charge in [0.05, 0.1) is 18.1 Å². The van der Waals surface area contributed by atoms with Gasteiger partial charge in [-0.15, -0.1) is 0 Å². The molecule has 0 bridgehead atoms. The lowest BCUT2D eigenvalue weighted by Crippen LogP contribution is -2.36. The molecule has 1 aromatic heterocycles. The van der Waals surface area contributed by atoms with Gasteiger partial charge in [0.25, 0.3) is 0 Å². The van der Waals surface area contributed by atoms with Crippen LogP contribution in [0.1, 0.15) is 12.0 Å². The van der Waals surface area contributed by atoms with Crippen LogP contribution >= 0.6 is 0 Å². The third-order valence-corrected chi connectivity index (χ3v) is 2.74. The molecule has 3 nitrogen and oxygen atoms in total. The summed E-state index contributed by atoms with van der Waals surface area (Å²) in [6, 6.07) is 2.00. The summed E-state index contributed by atoms with van der Waals surface area (Å²) in [6.07, 6.45) is 5.52. The molecule has 72 valence electrons. The second kappa shape index (κ2) is 3.52. The SMILES string of the molecule is COC1(Cc2ccoc2)CCNC1. The van der Waals surface area contributed by atoms with E-state index in [9.17, 15) is 0 Å². The van der Waals surface area contributed by atoms with Crippen LogP contribution in [0.5, 0.6) is 0 Å². The van der Waals surface area contributed by atoms with E-state index in [0.29, 0.717) is 0 Å². The van der Waals surface area contributed by atoms with Crippen molar-refractivity contribution in [1.82, 2.24) is 5.32 Å². The van der Waals surface area contributed by atoms with Crippen molar-refractivity contribution in [2.45, 2.75) is 18.4 Å². The van der Waals surface area contributed by atoms with Crippen LogP contribution in [0.3, 0.4) is 0 Å². The van der Waals surface area contributed by atoms with E-state index < -0.39 is 0 Å². The minimum absolute atomic E-state index is 0.0100. The average Bonchev–Trinajstić information content (AvgIpc) is 2.77. The highest BCUT2D eigenvalue weighted by atomic mass is 16.5. The summed E-state index contributed by atoms with van der Waals surface area (Å²) < 4.78 is 10.6. The first-order valence-corrected chi connectivity index (χ1v) is 4.62. The highest BCUT2D eigenvalue weighted by Gasteiger charge is 2.33. The molecule has 1 aromatic rings. The zero-order valence-electron chi connectivity index (χ0n) is 7.88. The minimum atomic E-state index is -0.0100. The fourth-order valence-corrected chi connectivity index (χ4v) is 1.88. The largest absolute Gasteiger partial charge is 0.472 e. The lowest BCUT2D eigenvalue weighted by Gasteiger charge is -2.25. The van der Waals surface area contributed by atoms with E-state index >= 15 is 0 Å². The molecule has 13 heavy (non-hydrogen) atoms. The molecule has 2 heterocycles. The molecular weight excluding hydrogens is 166 g/mol. The van der Waals surface area contributed by atoms with Gasteiger partial charge >= 0.3 is 0 Å². The first kappa shape index (κ1) is 8.78. The third-order valence-electron chi connectivity index (χ3n) is 2.74. The Labute approximate surface area is 78.1 Å². The third kappa shape index (κ3) is 1.76. The Kier molecular flexibility index (Phi) is 2.38. The Balaban J connectivity index is 2.06. The molecule has 1 fully saturated rings. The van der Waals surface area contributed by atoms with Gasteiger partial charge < -0.3 is 14.5 Å². The normalized spacial score (nSPS) is 28.1. The summed E-state index contributed by atoms with van der Waals surface area (Å²) in [5, 5.41) is 3.32. The van der Waals surface area contributed by atoms with Gasteiger partial charge in [0.2, 0.25) is 0 Å². The minimum Gasteiger partial charge on any atom is -0.472 e. The molecule has 1 saturated heterocycles. The van der Waals surface area contributed by atoms with Gasteiger partial charge in [-0.25, -0.2) is 0 Å². The fourth-order valence-electron chi connectivity index (χ4n) is 1.88. The van der Waals surface area contributed by atoms with E-state index in [-0.39, 0.29) is 5.60 Å². The van der Waals surface area contributed by atoms with Crippen molar-refractivity contribution in [3.63, 3.8) is 0 Å². The van der Waals surface area contributed by atoms with Gasteiger partial charge in [-0.2, -0.15) is 0 Å². The molecule has 0 aromatic carbocycles. The number of hydrogen-bond acceptors (Lipinski definition) is 3. The molecule has 2 rings (SSSR count). The van der Waals surface area contributed by atoms with Crippen LogP contribution in [0.15, 0.2) is 23.0 Å². The number of rotatable bonds is 3. The van der Waals surface area contributed by atoms with Crippen molar-refractivity contribution in [3.8, 4) is 0 Å². The van der Waals surface area contributed by atoms with Crippen LogP contribution in [-0.4, -0.2) is 25.8 Å². The predicted octanol–water partition coefficient (Wildman–Crippen LogP) is 1.20. The van der Waals surface area contributed by atoms with Gasteiger partial charge in [-0.3, -0.25) is 0 Å². The summed E-state index contributed by atoms with van der Waals surface area (Å²) in [5.41, 5.74) is 1.20. The van der Waals surface area contributed by atoms with Crippen LogP contribution < -0.4 is 5.32 Å². The zero-order valence-corrected chi connectivity index (χ0v) is 7.88. The molecule has 0 aliphatic carbocycles. The summed E-state index contributed by atoms with van der Waals surface area (Å²) in [7, 11) is 1.78. The summed E-state index contributed by atoms with van der Waals surface area (Å²) in [5.74, 6) is 0. The summed E-state index contributed by atoms with van der Waals surface area (Å²) >= 11 is 0. The van der Waals surface area contributed by atoms with Crippen molar-refractivity contribution in [2.24, 2.45) is 0 Å². The molecule has 0 spiro atoms. The Morgan fingerprint density at radius 2 is 2.62 bits per heavy atom. The van der Waals surface area contributed by atoms with Crippen LogP contribution in [-0.2, 0) is 11.2 Å². The highest BCUT2D eigenvalue weighted by Crippen LogP contribution is 2.24. The first-order chi connectivity index (χ1) is 6.35. The predicted molar refractivity (Wildman–Crippen MR) is 49.6 cm³/mol. The molecule has 1 aliphatic heterocycles. The molecule has 1 unspecified atom stereocenters. The smallest absolute Gasteiger partial charge is 0.0935 e. The van der Waals surface area contributed by atoms with Gasteiger partial charge in [-0.05, 0) is 24.6 Å².